The maximum atomic E-state index is 12.3. The summed E-state index contributed by atoms with van der Waals surface area (Å²) in [6, 6.07) is 5.63. The summed E-state index contributed by atoms with van der Waals surface area (Å²) in [7, 11) is -3.06. The molecule has 4 heteroatoms. The van der Waals surface area contributed by atoms with Gasteiger partial charge in [-0.15, -0.1) is 0 Å². The number of sulfone groups is 1. The van der Waals surface area contributed by atoms with Crippen LogP contribution in [0.1, 0.15) is 48.4 Å². The Morgan fingerprint density at radius 1 is 1.15 bits per heavy atom. The van der Waals surface area contributed by atoms with Gasteiger partial charge in [0.1, 0.15) is 0 Å². The van der Waals surface area contributed by atoms with E-state index in [-0.39, 0.29) is 5.75 Å². The number of hydrogen-bond acceptors (Lipinski definition) is 3. The number of nitrogens with two attached hydrogens (primary N) is 1. The van der Waals surface area contributed by atoms with Crippen molar-refractivity contribution >= 4 is 9.84 Å². The smallest absolute Gasteiger partial charge is 0.152 e. The molecule has 1 saturated carbocycles. The van der Waals surface area contributed by atoms with Gasteiger partial charge in [0, 0.05) is 6.04 Å². The lowest BCUT2D eigenvalue weighted by molar-refractivity contribution is 0.554. The van der Waals surface area contributed by atoms with Crippen LogP contribution in [0.15, 0.2) is 18.2 Å². The summed E-state index contributed by atoms with van der Waals surface area (Å²) in [5.41, 5.74) is 9.30. The number of hydrogen-bond donors (Lipinski definition) is 1. The Morgan fingerprint density at radius 3 is 2.25 bits per heavy atom. The van der Waals surface area contributed by atoms with Gasteiger partial charge in [0.2, 0.25) is 0 Å². The Kier molecular flexibility index (Phi) is 4.86. The van der Waals surface area contributed by atoms with Gasteiger partial charge in [0.15, 0.2) is 9.84 Å². The molecular weight excluding hydrogens is 270 g/mol. The van der Waals surface area contributed by atoms with E-state index in [9.17, 15) is 8.42 Å². The molecule has 0 radical (unpaired) electrons. The summed E-state index contributed by atoms with van der Waals surface area (Å²) in [6.45, 7) is 4.02. The highest BCUT2D eigenvalue weighted by atomic mass is 32.2. The number of benzene rings is 1. The molecule has 2 N–H and O–H groups in total. The van der Waals surface area contributed by atoms with Crippen LogP contribution >= 0.6 is 0 Å². The SMILES string of the molecule is Cc1cc(C)cc(C(N)CS(=O)(=O)CC2CCCC2)c1. The number of rotatable bonds is 5. The summed E-state index contributed by atoms with van der Waals surface area (Å²) in [4.78, 5) is 0. The maximum Gasteiger partial charge on any atom is 0.152 e. The quantitative estimate of drug-likeness (QED) is 0.908. The van der Waals surface area contributed by atoms with Crippen molar-refractivity contribution in [3.63, 3.8) is 0 Å². The molecule has 1 fully saturated rings. The van der Waals surface area contributed by atoms with Crippen molar-refractivity contribution < 1.29 is 8.42 Å². The molecule has 112 valence electrons. The summed E-state index contributed by atoms with van der Waals surface area (Å²) < 4.78 is 24.5. The van der Waals surface area contributed by atoms with Crippen LogP contribution in [0.4, 0.5) is 0 Å². The average molecular weight is 295 g/mol. The maximum absolute atomic E-state index is 12.3. The van der Waals surface area contributed by atoms with Gasteiger partial charge < -0.3 is 5.73 Å². The first kappa shape index (κ1) is 15.5. The second-order valence-corrected chi connectivity index (χ2v) is 8.41. The van der Waals surface area contributed by atoms with Crippen LogP contribution in [0.2, 0.25) is 0 Å². The highest BCUT2D eigenvalue weighted by Gasteiger charge is 2.25. The lowest BCUT2D eigenvalue weighted by atomic mass is 10.0. The van der Waals surface area contributed by atoms with Crippen molar-refractivity contribution in [2.75, 3.05) is 11.5 Å². The lowest BCUT2D eigenvalue weighted by Gasteiger charge is -2.16. The third-order valence-electron chi connectivity index (χ3n) is 4.07. The fraction of sp³-hybridized carbons (Fsp3) is 0.625. The van der Waals surface area contributed by atoms with Crippen LogP contribution < -0.4 is 5.73 Å². The predicted octanol–water partition coefficient (Wildman–Crippen LogP) is 2.91. The van der Waals surface area contributed by atoms with Crippen molar-refractivity contribution in [1.29, 1.82) is 0 Å². The van der Waals surface area contributed by atoms with Gasteiger partial charge in [-0.25, -0.2) is 8.42 Å². The van der Waals surface area contributed by atoms with Crippen molar-refractivity contribution in [1.82, 2.24) is 0 Å². The zero-order valence-corrected chi connectivity index (χ0v) is 13.2. The Balaban J connectivity index is 2.03. The molecule has 1 aliphatic rings. The first-order valence-corrected chi connectivity index (χ1v) is 9.22. The summed E-state index contributed by atoms with van der Waals surface area (Å²) in [5.74, 6) is 0.726. The Hall–Kier alpha value is -0.870. The highest BCUT2D eigenvalue weighted by molar-refractivity contribution is 7.91. The van der Waals surface area contributed by atoms with Crippen LogP contribution in [-0.2, 0) is 9.84 Å². The van der Waals surface area contributed by atoms with Gasteiger partial charge in [0.25, 0.3) is 0 Å². The van der Waals surface area contributed by atoms with Crippen LogP contribution in [0.5, 0.6) is 0 Å². The second kappa shape index (κ2) is 6.27. The molecule has 0 spiro atoms. The van der Waals surface area contributed by atoms with E-state index in [4.69, 9.17) is 5.73 Å². The van der Waals surface area contributed by atoms with Crippen molar-refractivity contribution in [2.45, 2.75) is 45.6 Å². The lowest BCUT2D eigenvalue weighted by Crippen LogP contribution is -2.26. The second-order valence-electron chi connectivity index (χ2n) is 6.25. The van der Waals surface area contributed by atoms with E-state index in [0.29, 0.717) is 11.7 Å². The molecule has 0 heterocycles. The molecule has 3 nitrogen and oxygen atoms in total. The fourth-order valence-electron chi connectivity index (χ4n) is 3.20. The van der Waals surface area contributed by atoms with Gasteiger partial charge in [-0.1, -0.05) is 42.2 Å². The van der Waals surface area contributed by atoms with Crippen molar-refractivity contribution in [3.05, 3.63) is 34.9 Å². The zero-order chi connectivity index (χ0) is 14.8. The van der Waals surface area contributed by atoms with E-state index >= 15 is 0 Å². The minimum Gasteiger partial charge on any atom is -0.323 e. The van der Waals surface area contributed by atoms with Crippen molar-refractivity contribution in [3.8, 4) is 0 Å². The van der Waals surface area contributed by atoms with Crippen LogP contribution in [0.25, 0.3) is 0 Å². The summed E-state index contributed by atoms with van der Waals surface area (Å²) in [5, 5.41) is 0. The minimum absolute atomic E-state index is 0.0619. The molecule has 20 heavy (non-hydrogen) atoms. The summed E-state index contributed by atoms with van der Waals surface area (Å²) >= 11 is 0. The van der Waals surface area contributed by atoms with E-state index in [1.165, 1.54) is 12.8 Å². The third-order valence-corrected chi connectivity index (χ3v) is 5.92. The van der Waals surface area contributed by atoms with E-state index in [2.05, 4.69) is 6.07 Å². The van der Waals surface area contributed by atoms with Crippen molar-refractivity contribution in [2.24, 2.45) is 11.7 Å². The topological polar surface area (TPSA) is 60.2 Å². The third kappa shape index (κ3) is 4.32. The zero-order valence-electron chi connectivity index (χ0n) is 12.4. The molecule has 1 aromatic rings. The molecule has 0 bridgehead atoms. The standard InChI is InChI=1S/C16H25NO2S/c1-12-7-13(2)9-15(8-12)16(17)11-20(18,19)10-14-5-3-4-6-14/h7-9,14,16H,3-6,10-11,17H2,1-2H3. The normalized spacial score (nSPS) is 18.4. The Morgan fingerprint density at radius 2 is 1.70 bits per heavy atom. The molecule has 0 amide bonds. The van der Waals surface area contributed by atoms with Crippen LogP contribution in [0, 0.1) is 19.8 Å². The fourth-order valence-corrected chi connectivity index (χ4v) is 5.13. The van der Waals surface area contributed by atoms with E-state index in [0.717, 1.165) is 29.5 Å². The molecule has 2 rings (SSSR count). The van der Waals surface area contributed by atoms with Crippen LogP contribution in [-0.4, -0.2) is 19.9 Å². The highest BCUT2D eigenvalue weighted by Crippen LogP contribution is 2.27. The predicted molar refractivity (Wildman–Crippen MR) is 83.5 cm³/mol. The van der Waals surface area contributed by atoms with Gasteiger partial charge in [-0.3, -0.25) is 0 Å². The van der Waals surface area contributed by atoms with E-state index < -0.39 is 15.9 Å². The molecule has 1 atom stereocenters. The molecule has 1 aromatic carbocycles. The monoisotopic (exact) mass is 295 g/mol. The van der Waals surface area contributed by atoms with Gasteiger partial charge in [-0.2, -0.15) is 0 Å². The van der Waals surface area contributed by atoms with E-state index in [1.54, 1.807) is 0 Å². The average Bonchev–Trinajstić information content (AvgIpc) is 2.78. The van der Waals surface area contributed by atoms with Crippen LogP contribution in [0.3, 0.4) is 0 Å². The van der Waals surface area contributed by atoms with E-state index in [1.807, 2.05) is 26.0 Å². The Labute approximate surface area is 122 Å². The number of aryl methyl sites for hydroxylation is 2. The minimum atomic E-state index is -3.06. The summed E-state index contributed by atoms with van der Waals surface area (Å²) in [6.07, 6.45) is 4.45. The molecule has 0 saturated heterocycles. The molecule has 0 aromatic heterocycles. The largest absolute Gasteiger partial charge is 0.323 e. The Bertz CT molecular complexity index is 540. The molecule has 0 aliphatic heterocycles. The van der Waals surface area contributed by atoms with Gasteiger partial charge >= 0.3 is 0 Å². The first-order valence-electron chi connectivity index (χ1n) is 7.40. The molecule has 1 aliphatic carbocycles. The first-order chi connectivity index (χ1) is 9.35. The van der Waals surface area contributed by atoms with Gasteiger partial charge in [-0.05, 0) is 38.2 Å². The molecular formula is C16H25NO2S. The molecule has 1 unspecified atom stereocenters. The van der Waals surface area contributed by atoms with Gasteiger partial charge in [0.05, 0.1) is 11.5 Å².